The van der Waals surface area contributed by atoms with E-state index in [4.69, 9.17) is 0 Å². The first-order valence-electron chi connectivity index (χ1n) is 8.67. The Labute approximate surface area is 149 Å². The molecular formula is C19H28N2O2S. The summed E-state index contributed by atoms with van der Waals surface area (Å²) in [6.07, 6.45) is 1.71. The Morgan fingerprint density at radius 1 is 1.21 bits per heavy atom. The van der Waals surface area contributed by atoms with Gasteiger partial charge in [0, 0.05) is 31.8 Å². The maximum atomic E-state index is 12.0. The van der Waals surface area contributed by atoms with Gasteiger partial charge in [-0.15, -0.1) is 11.8 Å². The molecule has 0 saturated carbocycles. The molecule has 24 heavy (non-hydrogen) atoms. The number of carbonyl (C=O) groups excluding carboxylic acids is 2. The lowest BCUT2D eigenvalue weighted by Crippen LogP contribution is -2.46. The van der Waals surface area contributed by atoms with Gasteiger partial charge in [-0.2, -0.15) is 0 Å². The largest absolute Gasteiger partial charge is 0.353 e. The summed E-state index contributed by atoms with van der Waals surface area (Å²) in [5, 5.41) is 3.09. The lowest BCUT2D eigenvalue weighted by molar-refractivity contribution is -0.130. The minimum Gasteiger partial charge on any atom is -0.353 e. The van der Waals surface area contributed by atoms with Crippen LogP contribution in [-0.2, 0) is 15.3 Å². The third kappa shape index (κ3) is 5.86. The summed E-state index contributed by atoms with van der Waals surface area (Å²) >= 11 is 1.65. The van der Waals surface area contributed by atoms with Crippen LogP contribution < -0.4 is 5.32 Å². The molecule has 2 rings (SSSR count). The van der Waals surface area contributed by atoms with Crippen molar-refractivity contribution in [3.05, 3.63) is 35.4 Å². The van der Waals surface area contributed by atoms with E-state index in [1.807, 2.05) is 4.90 Å². The van der Waals surface area contributed by atoms with E-state index in [0.717, 1.165) is 31.7 Å². The molecule has 0 spiro atoms. The van der Waals surface area contributed by atoms with Crippen LogP contribution in [-0.4, -0.2) is 41.6 Å². The van der Waals surface area contributed by atoms with Gasteiger partial charge >= 0.3 is 0 Å². The Bertz CT molecular complexity index is 549. The topological polar surface area (TPSA) is 49.4 Å². The highest BCUT2D eigenvalue weighted by Crippen LogP contribution is 2.18. The first-order valence-corrected chi connectivity index (χ1v) is 9.82. The summed E-state index contributed by atoms with van der Waals surface area (Å²) in [4.78, 5) is 25.2. The molecule has 1 N–H and O–H groups in total. The van der Waals surface area contributed by atoms with Crippen LogP contribution in [0.3, 0.4) is 0 Å². The summed E-state index contributed by atoms with van der Waals surface area (Å²) in [6, 6.07) is 8.85. The van der Waals surface area contributed by atoms with Crippen molar-refractivity contribution in [2.24, 2.45) is 0 Å². The van der Waals surface area contributed by atoms with Gasteiger partial charge in [0.05, 0.1) is 5.75 Å². The fraction of sp³-hybridized carbons (Fsp3) is 0.579. The lowest BCUT2D eigenvalue weighted by Gasteiger charge is -2.31. The van der Waals surface area contributed by atoms with E-state index in [0.29, 0.717) is 11.7 Å². The average molecular weight is 349 g/mol. The Morgan fingerprint density at radius 2 is 1.83 bits per heavy atom. The number of likely N-dealkylation sites (tertiary alicyclic amines) is 1. The molecule has 0 aromatic heterocycles. The van der Waals surface area contributed by atoms with Gasteiger partial charge in [0.15, 0.2) is 0 Å². The highest BCUT2D eigenvalue weighted by Gasteiger charge is 2.21. The van der Waals surface area contributed by atoms with E-state index in [1.54, 1.807) is 18.7 Å². The van der Waals surface area contributed by atoms with Gasteiger partial charge < -0.3 is 10.2 Å². The highest BCUT2D eigenvalue weighted by atomic mass is 32.2. The number of hydrogen-bond acceptors (Lipinski definition) is 3. The monoisotopic (exact) mass is 348 g/mol. The Balaban J connectivity index is 1.66. The molecular weight excluding hydrogens is 320 g/mol. The summed E-state index contributed by atoms with van der Waals surface area (Å²) in [5.74, 6) is 2.11. The molecule has 1 fully saturated rings. The van der Waals surface area contributed by atoms with Crippen LogP contribution in [0.4, 0.5) is 0 Å². The zero-order chi connectivity index (χ0) is 17.5. The SMILES string of the molecule is CC(=O)N1CCC(NC(=O)CSCc2ccc(C(C)C)cc2)CC1. The predicted molar refractivity (Wildman–Crippen MR) is 100 cm³/mol. The van der Waals surface area contributed by atoms with Crippen molar-refractivity contribution in [1.29, 1.82) is 0 Å². The summed E-state index contributed by atoms with van der Waals surface area (Å²) in [7, 11) is 0. The van der Waals surface area contributed by atoms with E-state index < -0.39 is 0 Å². The number of amides is 2. The van der Waals surface area contributed by atoms with Crippen molar-refractivity contribution >= 4 is 23.6 Å². The van der Waals surface area contributed by atoms with Gasteiger partial charge in [0.25, 0.3) is 0 Å². The number of benzene rings is 1. The van der Waals surface area contributed by atoms with E-state index in [1.165, 1.54) is 11.1 Å². The lowest BCUT2D eigenvalue weighted by atomic mass is 10.0. The van der Waals surface area contributed by atoms with Crippen molar-refractivity contribution in [2.75, 3.05) is 18.8 Å². The molecule has 0 aliphatic carbocycles. The molecule has 2 amide bonds. The number of thioether (sulfide) groups is 1. The maximum Gasteiger partial charge on any atom is 0.230 e. The highest BCUT2D eigenvalue weighted by molar-refractivity contribution is 7.99. The number of piperidine rings is 1. The van der Waals surface area contributed by atoms with Crippen LogP contribution in [0.2, 0.25) is 0 Å². The van der Waals surface area contributed by atoms with Gasteiger partial charge in [0.2, 0.25) is 11.8 Å². The third-order valence-electron chi connectivity index (χ3n) is 4.45. The Morgan fingerprint density at radius 3 is 2.38 bits per heavy atom. The van der Waals surface area contributed by atoms with Crippen molar-refractivity contribution in [2.45, 2.75) is 51.3 Å². The van der Waals surface area contributed by atoms with Gasteiger partial charge in [0.1, 0.15) is 0 Å². The van der Waals surface area contributed by atoms with E-state index in [-0.39, 0.29) is 17.9 Å². The molecule has 0 radical (unpaired) electrons. The molecule has 1 aliphatic heterocycles. The first kappa shape index (κ1) is 18.8. The van der Waals surface area contributed by atoms with Gasteiger partial charge in [-0.1, -0.05) is 38.1 Å². The minimum atomic E-state index is 0.0973. The molecule has 1 aromatic carbocycles. The zero-order valence-electron chi connectivity index (χ0n) is 14.9. The molecule has 1 saturated heterocycles. The molecule has 132 valence electrons. The van der Waals surface area contributed by atoms with Crippen LogP contribution >= 0.6 is 11.8 Å². The normalized spacial score (nSPS) is 15.6. The summed E-state index contributed by atoms with van der Waals surface area (Å²) < 4.78 is 0. The fourth-order valence-corrected chi connectivity index (χ4v) is 3.67. The average Bonchev–Trinajstić information content (AvgIpc) is 2.55. The van der Waals surface area contributed by atoms with Crippen LogP contribution in [0.1, 0.15) is 50.7 Å². The molecule has 1 aromatic rings. The standard InChI is InChI=1S/C19H28N2O2S/c1-14(2)17-6-4-16(5-7-17)12-24-13-19(23)20-18-8-10-21(11-9-18)15(3)22/h4-7,14,18H,8-13H2,1-3H3,(H,20,23). The molecule has 4 nitrogen and oxygen atoms in total. The Kier molecular flexibility index (Phi) is 7.16. The predicted octanol–water partition coefficient (Wildman–Crippen LogP) is 3.17. The zero-order valence-corrected chi connectivity index (χ0v) is 15.7. The summed E-state index contributed by atoms with van der Waals surface area (Å²) in [5.41, 5.74) is 2.60. The molecule has 0 atom stereocenters. The number of nitrogens with zero attached hydrogens (tertiary/aromatic N) is 1. The van der Waals surface area contributed by atoms with Gasteiger partial charge in [-0.3, -0.25) is 9.59 Å². The second-order valence-electron chi connectivity index (χ2n) is 6.74. The summed E-state index contributed by atoms with van der Waals surface area (Å²) in [6.45, 7) is 7.47. The van der Waals surface area contributed by atoms with Crippen LogP contribution in [0.15, 0.2) is 24.3 Å². The van der Waals surface area contributed by atoms with E-state index in [9.17, 15) is 9.59 Å². The second kappa shape index (κ2) is 9.11. The van der Waals surface area contributed by atoms with Crippen molar-refractivity contribution in [1.82, 2.24) is 10.2 Å². The van der Waals surface area contributed by atoms with Gasteiger partial charge in [-0.05, 0) is 29.9 Å². The number of hydrogen-bond donors (Lipinski definition) is 1. The van der Waals surface area contributed by atoms with E-state index >= 15 is 0 Å². The maximum absolute atomic E-state index is 12.0. The number of rotatable bonds is 6. The minimum absolute atomic E-state index is 0.0973. The third-order valence-corrected chi connectivity index (χ3v) is 5.46. The van der Waals surface area contributed by atoms with Crippen LogP contribution in [0.25, 0.3) is 0 Å². The van der Waals surface area contributed by atoms with Crippen LogP contribution in [0.5, 0.6) is 0 Å². The molecule has 5 heteroatoms. The van der Waals surface area contributed by atoms with Crippen molar-refractivity contribution in [3.8, 4) is 0 Å². The van der Waals surface area contributed by atoms with Crippen molar-refractivity contribution in [3.63, 3.8) is 0 Å². The number of nitrogens with one attached hydrogen (secondary N) is 1. The number of carbonyl (C=O) groups is 2. The second-order valence-corrected chi connectivity index (χ2v) is 7.72. The van der Waals surface area contributed by atoms with E-state index in [2.05, 4.69) is 43.4 Å². The molecule has 1 aliphatic rings. The van der Waals surface area contributed by atoms with Gasteiger partial charge in [-0.25, -0.2) is 0 Å². The fourth-order valence-electron chi connectivity index (χ4n) is 2.87. The molecule has 0 bridgehead atoms. The van der Waals surface area contributed by atoms with Crippen LogP contribution in [0, 0.1) is 0 Å². The smallest absolute Gasteiger partial charge is 0.230 e. The quantitative estimate of drug-likeness (QED) is 0.859. The molecule has 0 unspecified atom stereocenters. The van der Waals surface area contributed by atoms with Crippen molar-refractivity contribution < 1.29 is 9.59 Å². The first-order chi connectivity index (χ1) is 11.5. The molecule has 1 heterocycles. The Hall–Kier alpha value is -1.49.